The molecule has 148 valence electrons. The number of ether oxygens (including phenoxy) is 1. The van der Waals surface area contributed by atoms with Crippen molar-refractivity contribution in [2.45, 2.75) is 57.2 Å². The van der Waals surface area contributed by atoms with Gasteiger partial charge in [0.2, 0.25) is 10.0 Å². The third kappa shape index (κ3) is 3.91. The summed E-state index contributed by atoms with van der Waals surface area (Å²) in [7, 11) is -1.72. The van der Waals surface area contributed by atoms with E-state index in [-0.39, 0.29) is 12.6 Å². The molecule has 1 aromatic carbocycles. The number of hydrogen-bond donors (Lipinski definition) is 2. The van der Waals surface area contributed by atoms with Gasteiger partial charge in [0.25, 0.3) is 0 Å². The molecule has 2 atom stereocenters. The van der Waals surface area contributed by atoms with E-state index in [1.54, 1.807) is 25.3 Å². The second-order valence-corrected chi connectivity index (χ2v) is 10.1. The molecular weight excluding hydrogens is 366 g/mol. The monoisotopic (exact) mass is 393 g/mol. The maximum absolute atomic E-state index is 13.0. The average Bonchev–Trinajstić information content (AvgIpc) is 3.28. The Morgan fingerprint density at radius 2 is 1.93 bits per heavy atom. The number of nitrogens with zero attached hydrogens (tertiary/aromatic N) is 1. The van der Waals surface area contributed by atoms with Crippen molar-refractivity contribution < 1.29 is 17.9 Å². The predicted molar refractivity (Wildman–Crippen MR) is 103 cm³/mol. The van der Waals surface area contributed by atoms with Gasteiger partial charge < -0.3 is 15.0 Å². The van der Waals surface area contributed by atoms with Crippen LogP contribution in [-0.4, -0.2) is 44.8 Å². The van der Waals surface area contributed by atoms with Crippen molar-refractivity contribution in [2.24, 2.45) is 5.41 Å². The quantitative estimate of drug-likeness (QED) is 0.805. The highest BCUT2D eigenvalue weighted by Gasteiger charge is 2.55. The number of urea groups is 1. The Morgan fingerprint density at radius 1 is 1.26 bits per heavy atom. The summed E-state index contributed by atoms with van der Waals surface area (Å²) in [5.41, 5.74) is 1.86. The van der Waals surface area contributed by atoms with Gasteiger partial charge in [-0.05, 0) is 61.6 Å². The molecule has 0 aromatic heterocycles. The molecule has 2 amide bonds. The summed E-state index contributed by atoms with van der Waals surface area (Å²) in [6, 6.07) is 5.90. The van der Waals surface area contributed by atoms with Crippen LogP contribution in [0.4, 0.5) is 10.5 Å². The first-order chi connectivity index (χ1) is 12.8. The molecule has 2 saturated heterocycles. The number of methoxy groups -OCH3 is 1. The molecule has 0 radical (unpaired) electrons. The van der Waals surface area contributed by atoms with E-state index in [1.807, 2.05) is 4.90 Å². The van der Waals surface area contributed by atoms with Crippen LogP contribution < -0.4 is 14.8 Å². The zero-order chi connectivity index (χ0) is 19.2. The van der Waals surface area contributed by atoms with E-state index in [0.717, 1.165) is 37.5 Å². The molecule has 1 spiro atoms. The van der Waals surface area contributed by atoms with Crippen molar-refractivity contribution in [3.05, 3.63) is 23.8 Å². The van der Waals surface area contributed by atoms with Crippen LogP contribution in [0.25, 0.3) is 0 Å². The first-order valence-electron chi connectivity index (χ1n) is 9.49. The summed E-state index contributed by atoms with van der Waals surface area (Å²) >= 11 is 0. The Kier molecular flexibility index (Phi) is 4.58. The molecule has 1 saturated carbocycles. The zero-order valence-corrected chi connectivity index (χ0v) is 16.6. The van der Waals surface area contributed by atoms with E-state index >= 15 is 0 Å². The van der Waals surface area contributed by atoms with E-state index in [2.05, 4.69) is 10.0 Å². The first kappa shape index (κ1) is 18.6. The molecular formula is C19H27N3O4S. The van der Waals surface area contributed by atoms with Crippen LogP contribution in [0.2, 0.25) is 0 Å². The van der Waals surface area contributed by atoms with Crippen LogP contribution in [-0.2, 0) is 16.6 Å². The average molecular weight is 394 g/mol. The second kappa shape index (κ2) is 6.67. The third-order valence-electron chi connectivity index (χ3n) is 6.19. The van der Waals surface area contributed by atoms with E-state index in [9.17, 15) is 13.2 Å². The molecule has 2 N–H and O–H groups in total. The molecule has 1 aromatic rings. The van der Waals surface area contributed by atoms with Gasteiger partial charge >= 0.3 is 6.03 Å². The molecule has 1 aliphatic carbocycles. The van der Waals surface area contributed by atoms with Crippen LogP contribution in [0.3, 0.4) is 0 Å². The van der Waals surface area contributed by atoms with E-state index < -0.39 is 10.0 Å². The van der Waals surface area contributed by atoms with E-state index in [0.29, 0.717) is 28.9 Å². The Hall–Kier alpha value is -1.80. The van der Waals surface area contributed by atoms with Crippen molar-refractivity contribution in [2.75, 3.05) is 18.7 Å². The van der Waals surface area contributed by atoms with Gasteiger partial charge in [0, 0.05) is 18.6 Å². The summed E-state index contributed by atoms with van der Waals surface area (Å²) in [6.45, 7) is 0.170. The number of anilines is 1. The largest absolute Gasteiger partial charge is 0.495 e. The molecule has 2 bridgehead atoms. The number of carbonyl (C=O) groups is 1. The fraction of sp³-hybridized carbons (Fsp3) is 0.632. The standard InChI is InChI=1S/C19H27N3O4S/c1-26-17-6-3-13(12-20-27(2,24)25)9-16(17)21-18(23)22-14-4-5-15(22)11-19(10-14)7-8-19/h3,6,9,14-15,20H,4-5,7-8,10-12H2,1-2H3,(H,21,23). The molecule has 8 heteroatoms. The lowest BCUT2D eigenvalue weighted by atomic mass is 9.88. The van der Waals surface area contributed by atoms with Crippen LogP contribution >= 0.6 is 0 Å². The highest BCUT2D eigenvalue weighted by Crippen LogP contribution is 2.59. The molecule has 7 nitrogen and oxygen atoms in total. The van der Waals surface area contributed by atoms with Crippen LogP contribution in [0.1, 0.15) is 44.1 Å². The molecule has 2 heterocycles. The van der Waals surface area contributed by atoms with Gasteiger partial charge in [-0.1, -0.05) is 6.07 Å². The molecule has 4 rings (SSSR count). The van der Waals surface area contributed by atoms with Crippen molar-refractivity contribution in [3.8, 4) is 5.75 Å². The number of hydrogen-bond acceptors (Lipinski definition) is 4. The van der Waals surface area contributed by atoms with Crippen molar-refractivity contribution in [3.63, 3.8) is 0 Å². The third-order valence-corrected chi connectivity index (χ3v) is 6.86. The fourth-order valence-electron chi connectivity index (χ4n) is 4.72. The first-order valence-corrected chi connectivity index (χ1v) is 11.4. The number of amides is 2. The smallest absolute Gasteiger partial charge is 0.322 e. The van der Waals surface area contributed by atoms with Gasteiger partial charge in [-0.25, -0.2) is 17.9 Å². The number of rotatable bonds is 5. The van der Waals surface area contributed by atoms with Gasteiger partial charge in [-0.3, -0.25) is 0 Å². The number of fused-ring (bicyclic) bond motifs is 2. The van der Waals surface area contributed by atoms with Crippen molar-refractivity contribution in [1.29, 1.82) is 0 Å². The molecule has 2 unspecified atom stereocenters. The Labute approximate surface area is 160 Å². The maximum Gasteiger partial charge on any atom is 0.322 e. The number of sulfonamides is 1. The van der Waals surface area contributed by atoms with Crippen LogP contribution in [0.5, 0.6) is 5.75 Å². The van der Waals surface area contributed by atoms with Crippen LogP contribution in [0.15, 0.2) is 18.2 Å². The van der Waals surface area contributed by atoms with Crippen LogP contribution in [0, 0.1) is 5.41 Å². The van der Waals surface area contributed by atoms with Gasteiger partial charge in [0.15, 0.2) is 0 Å². The van der Waals surface area contributed by atoms with E-state index in [1.165, 1.54) is 12.8 Å². The fourth-order valence-corrected chi connectivity index (χ4v) is 5.15. The Morgan fingerprint density at radius 3 is 2.48 bits per heavy atom. The summed E-state index contributed by atoms with van der Waals surface area (Å²) < 4.78 is 30.5. The second-order valence-electron chi connectivity index (χ2n) is 8.26. The lowest BCUT2D eigenvalue weighted by molar-refractivity contribution is 0.123. The highest BCUT2D eigenvalue weighted by molar-refractivity contribution is 7.88. The number of benzene rings is 1. The highest BCUT2D eigenvalue weighted by atomic mass is 32.2. The SMILES string of the molecule is COc1ccc(CNS(C)(=O)=O)cc1NC(=O)N1C2CCC1CC1(CC1)C2. The minimum Gasteiger partial charge on any atom is -0.495 e. The minimum absolute atomic E-state index is 0.0791. The number of piperidine rings is 1. The van der Waals surface area contributed by atoms with E-state index in [4.69, 9.17) is 4.74 Å². The minimum atomic E-state index is -3.28. The van der Waals surface area contributed by atoms with Crippen molar-refractivity contribution in [1.82, 2.24) is 9.62 Å². The molecule has 3 aliphatic rings. The topological polar surface area (TPSA) is 87.7 Å². The van der Waals surface area contributed by atoms with Gasteiger partial charge in [-0.15, -0.1) is 0 Å². The van der Waals surface area contributed by atoms with Gasteiger partial charge in [0.1, 0.15) is 5.75 Å². The number of nitrogens with one attached hydrogen (secondary N) is 2. The number of carbonyl (C=O) groups excluding carboxylic acids is 1. The maximum atomic E-state index is 13.0. The van der Waals surface area contributed by atoms with Crippen molar-refractivity contribution >= 4 is 21.7 Å². The normalized spacial score (nSPS) is 25.5. The zero-order valence-electron chi connectivity index (χ0n) is 15.8. The molecule has 3 fully saturated rings. The molecule has 2 aliphatic heterocycles. The predicted octanol–water partition coefficient (Wildman–Crippen LogP) is 2.68. The summed E-state index contributed by atoms with van der Waals surface area (Å²) in [4.78, 5) is 15.0. The molecule has 27 heavy (non-hydrogen) atoms. The summed E-state index contributed by atoms with van der Waals surface area (Å²) in [5.74, 6) is 0.564. The van der Waals surface area contributed by atoms with Gasteiger partial charge in [-0.2, -0.15) is 0 Å². The lowest BCUT2D eigenvalue weighted by Crippen LogP contribution is -2.49. The lowest BCUT2D eigenvalue weighted by Gasteiger charge is -2.39. The summed E-state index contributed by atoms with van der Waals surface area (Å²) in [5, 5.41) is 3.00. The summed E-state index contributed by atoms with van der Waals surface area (Å²) in [6.07, 6.45) is 8.21. The Bertz CT molecular complexity index is 835. The van der Waals surface area contributed by atoms with Gasteiger partial charge in [0.05, 0.1) is 19.1 Å². The Balaban J connectivity index is 1.48.